The molecule has 0 saturated carbocycles. The van der Waals surface area contributed by atoms with Crippen LogP contribution >= 0.6 is 0 Å². The smallest absolute Gasteiger partial charge is 0.410 e. The van der Waals surface area contributed by atoms with Crippen LogP contribution in [0.15, 0.2) is 12.3 Å². The predicted octanol–water partition coefficient (Wildman–Crippen LogP) is 2.73. The largest absolute Gasteiger partial charge is 0.489 e. The number of amides is 1. The summed E-state index contributed by atoms with van der Waals surface area (Å²) in [6, 6.07) is 2.02. The first-order chi connectivity index (χ1) is 12.4. The molecule has 0 bridgehead atoms. The number of aromatic nitrogens is 1. The number of carbonyl (C=O) groups excluding carboxylic acids is 1. The van der Waals surface area contributed by atoms with Gasteiger partial charge in [-0.3, -0.25) is 9.88 Å². The molecule has 2 aliphatic heterocycles. The van der Waals surface area contributed by atoms with Gasteiger partial charge in [0, 0.05) is 18.5 Å². The number of piperidine rings is 1. The monoisotopic (exact) mass is 363 g/mol. The van der Waals surface area contributed by atoms with E-state index in [1.54, 1.807) is 11.1 Å². The molecule has 1 aromatic rings. The first kappa shape index (κ1) is 18.8. The zero-order chi connectivity index (χ0) is 18.6. The number of pyridine rings is 1. The summed E-state index contributed by atoms with van der Waals surface area (Å²) >= 11 is 0. The predicted molar refractivity (Wildman–Crippen MR) is 97.5 cm³/mol. The van der Waals surface area contributed by atoms with Gasteiger partial charge in [0.2, 0.25) is 0 Å². The Balaban J connectivity index is 1.78. The van der Waals surface area contributed by atoms with Gasteiger partial charge >= 0.3 is 6.09 Å². The van der Waals surface area contributed by atoms with Gasteiger partial charge in [0.05, 0.1) is 31.6 Å². The Labute approximate surface area is 155 Å². The van der Waals surface area contributed by atoms with E-state index in [1.807, 2.05) is 26.8 Å². The molecule has 0 radical (unpaired) electrons. The summed E-state index contributed by atoms with van der Waals surface area (Å²) in [7, 11) is 0. The number of hydrogen-bond donors (Lipinski definition) is 1. The zero-order valence-electron chi connectivity index (χ0n) is 15.9. The fraction of sp³-hybridized carbons (Fsp3) is 0.684. The van der Waals surface area contributed by atoms with Crippen LogP contribution in [0.4, 0.5) is 4.79 Å². The minimum Gasteiger partial charge on any atom is -0.489 e. The van der Waals surface area contributed by atoms with Crippen molar-refractivity contribution in [3.05, 3.63) is 18.0 Å². The molecule has 1 aromatic heterocycles. The number of hydrogen-bond acceptors (Lipinski definition) is 6. The zero-order valence-corrected chi connectivity index (χ0v) is 15.9. The molecular formula is C19H29N3O4. The molecule has 0 aromatic carbocycles. The van der Waals surface area contributed by atoms with E-state index in [1.165, 1.54) is 0 Å². The molecule has 0 spiro atoms. The summed E-state index contributed by atoms with van der Waals surface area (Å²) in [6.07, 6.45) is 4.06. The van der Waals surface area contributed by atoms with Crippen LogP contribution in [0.2, 0.25) is 0 Å². The van der Waals surface area contributed by atoms with Gasteiger partial charge in [0.15, 0.2) is 11.5 Å². The van der Waals surface area contributed by atoms with Gasteiger partial charge in [-0.15, -0.1) is 0 Å². The molecular weight excluding hydrogens is 334 g/mol. The maximum absolute atomic E-state index is 12.8. The van der Waals surface area contributed by atoms with Crippen LogP contribution < -0.4 is 14.8 Å². The third-order valence-corrected chi connectivity index (χ3v) is 4.40. The minimum absolute atomic E-state index is 0.142. The molecule has 1 N–H and O–H groups in total. The van der Waals surface area contributed by atoms with Gasteiger partial charge < -0.3 is 19.5 Å². The average Bonchev–Trinajstić information content (AvgIpc) is 2.83. The van der Waals surface area contributed by atoms with E-state index in [0.717, 1.165) is 38.0 Å². The van der Waals surface area contributed by atoms with Gasteiger partial charge in [0.25, 0.3) is 0 Å². The van der Waals surface area contributed by atoms with Crippen LogP contribution in [-0.2, 0) is 11.3 Å². The van der Waals surface area contributed by atoms with Crippen LogP contribution in [-0.4, -0.2) is 53.9 Å². The third kappa shape index (κ3) is 5.00. The van der Waals surface area contributed by atoms with Gasteiger partial charge in [-0.2, -0.15) is 0 Å². The topological polar surface area (TPSA) is 72.9 Å². The molecule has 7 nitrogen and oxygen atoms in total. The van der Waals surface area contributed by atoms with Crippen molar-refractivity contribution < 1.29 is 19.0 Å². The van der Waals surface area contributed by atoms with Gasteiger partial charge in [-0.05, 0) is 46.7 Å². The van der Waals surface area contributed by atoms with Crippen LogP contribution in [0.5, 0.6) is 11.5 Å². The highest BCUT2D eigenvalue weighted by Gasteiger charge is 2.30. The quantitative estimate of drug-likeness (QED) is 0.890. The Bertz CT molecular complexity index is 624. The minimum atomic E-state index is -0.527. The second-order valence-electron chi connectivity index (χ2n) is 7.76. The highest BCUT2D eigenvalue weighted by atomic mass is 16.6. The summed E-state index contributed by atoms with van der Waals surface area (Å²) in [5.41, 5.74) is 0.249. The van der Waals surface area contributed by atoms with Gasteiger partial charge in [0.1, 0.15) is 5.60 Å². The van der Waals surface area contributed by atoms with E-state index in [0.29, 0.717) is 31.3 Å². The van der Waals surface area contributed by atoms with Crippen molar-refractivity contribution >= 4 is 6.09 Å². The van der Waals surface area contributed by atoms with Crippen LogP contribution in [0.25, 0.3) is 0 Å². The Morgan fingerprint density at radius 1 is 1.27 bits per heavy atom. The van der Waals surface area contributed by atoms with Crippen molar-refractivity contribution in [3.8, 4) is 11.5 Å². The fourth-order valence-corrected chi connectivity index (χ4v) is 3.15. The first-order valence-electron chi connectivity index (χ1n) is 9.37. The number of fused-ring (bicyclic) bond motifs is 1. The van der Waals surface area contributed by atoms with Gasteiger partial charge in [-0.25, -0.2) is 4.79 Å². The van der Waals surface area contributed by atoms with Crippen LogP contribution in [0.3, 0.4) is 0 Å². The molecule has 1 saturated heterocycles. The molecule has 3 heterocycles. The molecule has 2 aliphatic rings. The Morgan fingerprint density at radius 2 is 1.96 bits per heavy atom. The number of nitrogens with one attached hydrogen (secondary N) is 1. The third-order valence-electron chi connectivity index (χ3n) is 4.40. The molecule has 0 aliphatic carbocycles. The van der Waals surface area contributed by atoms with Crippen molar-refractivity contribution in [2.45, 2.75) is 58.2 Å². The second-order valence-corrected chi connectivity index (χ2v) is 7.76. The summed E-state index contributed by atoms with van der Waals surface area (Å²) in [5.74, 6) is 1.36. The molecule has 3 rings (SSSR count). The highest BCUT2D eigenvalue weighted by molar-refractivity contribution is 5.68. The Morgan fingerprint density at radius 3 is 2.65 bits per heavy atom. The molecule has 1 amide bonds. The van der Waals surface area contributed by atoms with Crippen molar-refractivity contribution in [2.75, 3.05) is 26.3 Å². The fourth-order valence-electron chi connectivity index (χ4n) is 3.15. The number of ether oxygens (including phenoxy) is 3. The van der Waals surface area contributed by atoms with E-state index in [-0.39, 0.29) is 12.1 Å². The number of nitrogens with zero attached hydrogens (tertiary/aromatic N) is 2. The molecule has 0 atom stereocenters. The maximum Gasteiger partial charge on any atom is 0.410 e. The lowest BCUT2D eigenvalue weighted by molar-refractivity contribution is 0.0104. The van der Waals surface area contributed by atoms with Crippen molar-refractivity contribution in [1.29, 1.82) is 0 Å². The van der Waals surface area contributed by atoms with E-state index < -0.39 is 5.60 Å². The Hall–Kier alpha value is -2.02. The summed E-state index contributed by atoms with van der Waals surface area (Å²) < 4.78 is 17.0. The number of rotatable bonds is 3. The van der Waals surface area contributed by atoms with Crippen molar-refractivity contribution in [2.24, 2.45) is 0 Å². The molecule has 1 fully saturated rings. The SMILES string of the molecule is CC(C)(C)OC(=O)N(Cc1cc2c(cn1)OCCCO2)C1CCNCC1. The number of carbonyl (C=O) groups is 1. The molecule has 7 heteroatoms. The lowest BCUT2D eigenvalue weighted by Crippen LogP contribution is -2.47. The van der Waals surface area contributed by atoms with Crippen molar-refractivity contribution in [3.63, 3.8) is 0 Å². The normalized spacial score (nSPS) is 18.1. The standard InChI is InChI=1S/C19H29N3O4/c1-19(2,3)26-18(23)22(15-5-7-20-8-6-15)13-14-11-16-17(12-21-14)25-10-4-9-24-16/h11-12,15,20H,4-10,13H2,1-3H3. The Kier molecular flexibility index (Phi) is 5.86. The van der Waals surface area contributed by atoms with Crippen molar-refractivity contribution in [1.82, 2.24) is 15.2 Å². The lowest BCUT2D eigenvalue weighted by Gasteiger charge is -2.35. The summed E-state index contributed by atoms with van der Waals surface area (Å²) in [4.78, 5) is 19.1. The molecule has 144 valence electrons. The summed E-state index contributed by atoms with van der Waals surface area (Å²) in [5, 5.41) is 3.34. The maximum atomic E-state index is 12.8. The van der Waals surface area contributed by atoms with E-state index >= 15 is 0 Å². The van der Waals surface area contributed by atoms with Crippen LogP contribution in [0.1, 0.15) is 45.7 Å². The molecule has 0 unspecified atom stereocenters. The molecule has 26 heavy (non-hydrogen) atoms. The highest BCUT2D eigenvalue weighted by Crippen LogP contribution is 2.30. The summed E-state index contributed by atoms with van der Waals surface area (Å²) in [6.45, 7) is 9.12. The lowest BCUT2D eigenvalue weighted by atomic mass is 10.0. The van der Waals surface area contributed by atoms with Crippen LogP contribution in [0, 0.1) is 0 Å². The van der Waals surface area contributed by atoms with E-state index in [9.17, 15) is 4.79 Å². The second kappa shape index (κ2) is 8.12. The average molecular weight is 363 g/mol. The first-order valence-corrected chi connectivity index (χ1v) is 9.37. The van der Waals surface area contributed by atoms with E-state index in [4.69, 9.17) is 14.2 Å². The van der Waals surface area contributed by atoms with E-state index in [2.05, 4.69) is 10.3 Å². The van der Waals surface area contributed by atoms with Gasteiger partial charge in [-0.1, -0.05) is 0 Å².